The molecule has 0 spiro atoms. The zero-order chi connectivity index (χ0) is 18.9. The van der Waals surface area contributed by atoms with Crippen molar-refractivity contribution in [3.8, 4) is 11.1 Å². The average molecular weight is 363 g/mol. The van der Waals surface area contributed by atoms with E-state index in [1.807, 2.05) is 29.2 Å². The maximum absolute atomic E-state index is 12.6. The summed E-state index contributed by atoms with van der Waals surface area (Å²) in [6.07, 6.45) is 7.80. The number of carbonyl (C=O) groups is 2. The van der Waals surface area contributed by atoms with Crippen LogP contribution in [0.2, 0.25) is 0 Å². The summed E-state index contributed by atoms with van der Waals surface area (Å²) < 4.78 is 0. The maximum atomic E-state index is 12.6. The van der Waals surface area contributed by atoms with E-state index in [-0.39, 0.29) is 17.7 Å². The standard InChI is InChI=1S/C22H25N3O2/c23-21(27)22(10-13-25(15-22)20(26)17-5-3-6-17)14-18-4-1-2-7-19(18)16-8-11-24-12-9-16/h1-2,4,7-9,11-12,17H,3,5-6,10,13-15H2,(H2,23,27)/t22-/m0/s1. The van der Waals surface area contributed by atoms with Crippen molar-refractivity contribution in [3.63, 3.8) is 0 Å². The molecular formula is C22H25N3O2. The summed E-state index contributed by atoms with van der Waals surface area (Å²) in [6, 6.07) is 12.0. The van der Waals surface area contributed by atoms with Gasteiger partial charge in [-0.2, -0.15) is 0 Å². The minimum absolute atomic E-state index is 0.151. The van der Waals surface area contributed by atoms with Crippen molar-refractivity contribution < 1.29 is 9.59 Å². The third-order valence-electron chi connectivity index (χ3n) is 6.18. The SMILES string of the molecule is NC(=O)[C@]1(Cc2ccccc2-c2ccncc2)CCN(C(=O)C2CCC2)C1. The van der Waals surface area contributed by atoms with Gasteiger partial charge in [-0.25, -0.2) is 0 Å². The number of hydrogen-bond donors (Lipinski definition) is 1. The highest BCUT2D eigenvalue weighted by Crippen LogP contribution is 2.39. The predicted molar refractivity (Wildman–Crippen MR) is 104 cm³/mol. The quantitative estimate of drug-likeness (QED) is 0.887. The Balaban J connectivity index is 1.60. The fourth-order valence-electron chi connectivity index (χ4n) is 4.26. The van der Waals surface area contributed by atoms with Crippen molar-refractivity contribution in [3.05, 3.63) is 54.4 Å². The number of amides is 2. The van der Waals surface area contributed by atoms with Crippen LogP contribution >= 0.6 is 0 Å². The van der Waals surface area contributed by atoms with Crippen molar-refractivity contribution in [1.29, 1.82) is 0 Å². The first kappa shape index (κ1) is 17.7. The number of primary amides is 1. The van der Waals surface area contributed by atoms with Gasteiger partial charge in [0.15, 0.2) is 0 Å². The van der Waals surface area contributed by atoms with Crippen LogP contribution in [0.15, 0.2) is 48.8 Å². The number of pyridine rings is 1. The van der Waals surface area contributed by atoms with Crippen LogP contribution in [0.25, 0.3) is 11.1 Å². The van der Waals surface area contributed by atoms with E-state index in [0.717, 1.165) is 36.0 Å². The Bertz CT molecular complexity index is 848. The highest BCUT2D eigenvalue weighted by atomic mass is 16.2. The van der Waals surface area contributed by atoms with Gasteiger partial charge in [0.05, 0.1) is 5.41 Å². The number of benzene rings is 1. The van der Waals surface area contributed by atoms with E-state index >= 15 is 0 Å². The molecule has 27 heavy (non-hydrogen) atoms. The number of carbonyl (C=O) groups excluding carboxylic acids is 2. The van der Waals surface area contributed by atoms with Gasteiger partial charge in [0, 0.05) is 31.4 Å². The molecule has 5 heteroatoms. The fraction of sp³-hybridized carbons (Fsp3) is 0.409. The topological polar surface area (TPSA) is 76.3 Å². The zero-order valence-corrected chi connectivity index (χ0v) is 15.4. The highest BCUT2D eigenvalue weighted by Gasteiger charge is 2.46. The summed E-state index contributed by atoms with van der Waals surface area (Å²) in [4.78, 5) is 31.1. The third-order valence-corrected chi connectivity index (χ3v) is 6.18. The Morgan fingerprint density at radius 3 is 2.56 bits per heavy atom. The number of nitrogens with two attached hydrogens (primary N) is 1. The second-order valence-electron chi connectivity index (χ2n) is 7.85. The fourth-order valence-corrected chi connectivity index (χ4v) is 4.26. The molecule has 1 saturated carbocycles. The maximum Gasteiger partial charge on any atom is 0.225 e. The van der Waals surface area contributed by atoms with Crippen molar-refractivity contribution in [2.24, 2.45) is 17.1 Å². The molecule has 2 aromatic rings. The molecule has 1 saturated heterocycles. The van der Waals surface area contributed by atoms with Crippen LogP contribution in [0, 0.1) is 11.3 Å². The molecule has 2 amide bonds. The molecule has 1 aromatic carbocycles. The van der Waals surface area contributed by atoms with Crippen LogP contribution in [0.3, 0.4) is 0 Å². The van der Waals surface area contributed by atoms with Crippen LogP contribution in [0.5, 0.6) is 0 Å². The van der Waals surface area contributed by atoms with E-state index in [9.17, 15) is 9.59 Å². The minimum atomic E-state index is -0.692. The van der Waals surface area contributed by atoms with Crippen LogP contribution in [0.4, 0.5) is 0 Å². The first-order chi connectivity index (χ1) is 13.1. The molecule has 4 rings (SSSR count). The molecule has 5 nitrogen and oxygen atoms in total. The lowest BCUT2D eigenvalue weighted by atomic mass is 9.78. The lowest BCUT2D eigenvalue weighted by Crippen LogP contribution is -2.44. The van der Waals surface area contributed by atoms with E-state index in [0.29, 0.717) is 25.9 Å². The molecule has 1 atom stereocenters. The van der Waals surface area contributed by atoms with Gasteiger partial charge in [-0.3, -0.25) is 14.6 Å². The summed E-state index contributed by atoms with van der Waals surface area (Å²) in [5.41, 5.74) is 8.42. The van der Waals surface area contributed by atoms with Gasteiger partial charge in [0.2, 0.25) is 11.8 Å². The number of rotatable bonds is 5. The molecule has 2 N–H and O–H groups in total. The van der Waals surface area contributed by atoms with Crippen molar-refractivity contribution in [1.82, 2.24) is 9.88 Å². The van der Waals surface area contributed by atoms with Crippen LogP contribution < -0.4 is 5.73 Å². The number of hydrogen-bond acceptors (Lipinski definition) is 3. The Labute approximate surface area is 159 Å². The van der Waals surface area contributed by atoms with Gasteiger partial charge < -0.3 is 10.6 Å². The molecule has 2 heterocycles. The lowest BCUT2D eigenvalue weighted by Gasteiger charge is -2.31. The number of nitrogens with zero attached hydrogens (tertiary/aromatic N) is 2. The van der Waals surface area contributed by atoms with Gasteiger partial charge in [-0.05, 0) is 54.5 Å². The molecular weight excluding hydrogens is 338 g/mol. The predicted octanol–water partition coefficient (Wildman–Crippen LogP) is 2.80. The third kappa shape index (κ3) is 3.34. The van der Waals surface area contributed by atoms with Gasteiger partial charge in [0.1, 0.15) is 0 Å². The molecule has 2 aliphatic rings. The Morgan fingerprint density at radius 2 is 1.89 bits per heavy atom. The molecule has 0 radical (unpaired) electrons. The number of aromatic nitrogens is 1. The zero-order valence-electron chi connectivity index (χ0n) is 15.4. The van der Waals surface area contributed by atoms with E-state index in [2.05, 4.69) is 17.1 Å². The highest BCUT2D eigenvalue weighted by molar-refractivity contribution is 5.85. The summed E-state index contributed by atoms with van der Waals surface area (Å²) in [5, 5.41) is 0. The summed E-state index contributed by atoms with van der Waals surface area (Å²) >= 11 is 0. The van der Waals surface area contributed by atoms with Crippen molar-refractivity contribution >= 4 is 11.8 Å². The number of likely N-dealkylation sites (tertiary alicyclic amines) is 1. The average Bonchev–Trinajstić information content (AvgIpc) is 3.07. The molecule has 2 fully saturated rings. The Kier molecular flexibility index (Phi) is 4.68. The molecule has 0 bridgehead atoms. The van der Waals surface area contributed by atoms with Crippen LogP contribution in [-0.2, 0) is 16.0 Å². The van der Waals surface area contributed by atoms with Gasteiger partial charge in [0.25, 0.3) is 0 Å². The second kappa shape index (κ2) is 7.14. The molecule has 1 aromatic heterocycles. The van der Waals surface area contributed by atoms with E-state index in [1.54, 1.807) is 12.4 Å². The lowest BCUT2D eigenvalue weighted by molar-refractivity contribution is -0.138. The first-order valence-electron chi connectivity index (χ1n) is 9.66. The van der Waals surface area contributed by atoms with Crippen molar-refractivity contribution in [2.75, 3.05) is 13.1 Å². The normalized spacial score (nSPS) is 22.4. The molecule has 0 unspecified atom stereocenters. The van der Waals surface area contributed by atoms with Gasteiger partial charge in [-0.15, -0.1) is 0 Å². The Hall–Kier alpha value is -2.69. The van der Waals surface area contributed by atoms with Crippen LogP contribution in [-0.4, -0.2) is 34.8 Å². The van der Waals surface area contributed by atoms with Gasteiger partial charge in [-0.1, -0.05) is 30.7 Å². The monoisotopic (exact) mass is 363 g/mol. The summed E-state index contributed by atoms with van der Waals surface area (Å²) in [5.74, 6) is 0.0421. The largest absolute Gasteiger partial charge is 0.369 e. The van der Waals surface area contributed by atoms with E-state index < -0.39 is 5.41 Å². The van der Waals surface area contributed by atoms with E-state index in [1.165, 1.54) is 0 Å². The van der Waals surface area contributed by atoms with Crippen LogP contribution in [0.1, 0.15) is 31.2 Å². The van der Waals surface area contributed by atoms with Crippen molar-refractivity contribution in [2.45, 2.75) is 32.1 Å². The molecule has 140 valence electrons. The summed E-state index contributed by atoms with van der Waals surface area (Å²) in [7, 11) is 0. The first-order valence-corrected chi connectivity index (χ1v) is 9.66. The molecule has 1 aliphatic carbocycles. The van der Waals surface area contributed by atoms with Gasteiger partial charge >= 0.3 is 0 Å². The molecule has 1 aliphatic heterocycles. The second-order valence-corrected chi connectivity index (χ2v) is 7.85. The smallest absolute Gasteiger partial charge is 0.225 e. The Morgan fingerprint density at radius 1 is 1.15 bits per heavy atom. The summed E-state index contributed by atoms with van der Waals surface area (Å²) in [6.45, 7) is 1.05. The van der Waals surface area contributed by atoms with E-state index in [4.69, 9.17) is 5.73 Å². The minimum Gasteiger partial charge on any atom is -0.369 e.